The summed E-state index contributed by atoms with van der Waals surface area (Å²) in [6.07, 6.45) is 1.64. The highest BCUT2D eigenvalue weighted by atomic mass is 35.5. The van der Waals surface area contributed by atoms with E-state index in [0.29, 0.717) is 18.6 Å². The minimum absolute atomic E-state index is 0.00770. The van der Waals surface area contributed by atoms with Gasteiger partial charge in [0.1, 0.15) is 11.9 Å². The zero-order valence-electron chi connectivity index (χ0n) is 15.8. The Balaban J connectivity index is 2.30. The van der Waals surface area contributed by atoms with E-state index in [4.69, 9.17) is 16.3 Å². The molecule has 1 fully saturated rings. The zero-order chi connectivity index (χ0) is 19.5. The van der Waals surface area contributed by atoms with E-state index < -0.39 is 11.9 Å². The number of benzene rings is 1. The molecule has 0 radical (unpaired) electrons. The Bertz CT molecular complexity index is 662. The van der Waals surface area contributed by atoms with Crippen molar-refractivity contribution in [1.82, 2.24) is 4.90 Å². The van der Waals surface area contributed by atoms with Gasteiger partial charge in [-0.1, -0.05) is 44.5 Å². The van der Waals surface area contributed by atoms with E-state index in [2.05, 4.69) is 27.4 Å². The van der Waals surface area contributed by atoms with Crippen LogP contribution in [0.15, 0.2) is 30.9 Å². The number of halogens is 2. The molecule has 0 aromatic heterocycles. The van der Waals surface area contributed by atoms with Crippen LogP contribution in [0.1, 0.15) is 45.7 Å². The molecule has 0 saturated carbocycles. The lowest BCUT2D eigenvalue weighted by Crippen LogP contribution is -2.53. The van der Waals surface area contributed by atoms with Crippen molar-refractivity contribution in [3.63, 3.8) is 0 Å². The van der Waals surface area contributed by atoms with Gasteiger partial charge in [-0.05, 0) is 24.6 Å². The molecule has 0 aliphatic carbocycles. The molecule has 144 valence electrons. The quantitative estimate of drug-likeness (QED) is 0.612. The molecular formula is C20H27ClFNO2S. The van der Waals surface area contributed by atoms with Crippen molar-refractivity contribution in [3.8, 4) is 0 Å². The first-order valence-corrected chi connectivity index (χ1v) is 10.1. The first-order valence-electron chi connectivity index (χ1n) is 8.77. The van der Waals surface area contributed by atoms with Gasteiger partial charge in [0.2, 0.25) is 0 Å². The molecule has 1 aromatic carbocycles. The summed E-state index contributed by atoms with van der Waals surface area (Å²) in [7, 11) is 0. The van der Waals surface area contributed by atoms with Crippen molar-refractivity contribution in [2.45, 2.75) is 57.1 Å². The van der Waals surface area contributed by atoms with Crippen LogP contribution in [-0.4, -0.2) is 40.1 Å². The molecule has 26 heavy (non-hydrogen) atoms. The third kappa shape index (κ3) is 5.24. The molecular weight excluding hydrogens is 373 g/mol. The Labute approximate surface area is 164 Å². The predicted octanol–water partition coefficient (Wildman–Crippen LogP) is 5.24. The van der Waals surface area contributed by atoms with E-state index in [-0.39, 0.29) is 27.8 Å². The fourth-order valence-electron chi connectivity index (χ4n) is 2.95. The highest BCUT2D eigenvalue weighted by Crippen LogP contribution is 2.34. The largest absolute Gasteiger partial charge is 0.366 e. The second-order valence-electron chi connectivity index (χ2n) is 7.55. The average molecular weight is 400 g/mol. The second-order valence-corrected chi connectivity index (χ2v) is 9.81. The van der Waals surface area contributed by atoms with E-state index >= 15 is 0 Å². The molecule has 1 amide bonds. The van der Waals surface area contributed by atoms with Crippen LogP contribution >= 0.6 is 23.4 Å². The van der Waals surface area contributed by atoms with Gasteiger partial charge >= 0.3 is 0 Å². The highest BCUT2D eigenvalue weighted by Gasteiger charge is 2.39. The summed E-state index contributed by atoms with van der Waals surface area (Å²) in [6.45, 7) is 12.5. The SMILES string of the molecule is C=CCC1OCC(c2ccc(Cl)c(F)c2)N(C(C)CSC(C)(C)C)C1=O. The van der Waals surface area contributed by atoms with Crippen LogP contribution in [-0.2, 0) is 9.53 Å². The zero-order valence-corrected chi connectivity index (χ0v) is 17.4. The normalized spacial score (nSPS) is 22.4. The summed E-state index contributed by atoms with van der Waals surface area (Å²) in [5.74, 6) is 0.239. The summed E-state index contributed by atoms with van der Waals surface area (Å²) < 4.78 is 19.8. The van der Waals surface area contributed by atoms with Crippen LogP contribution in [0.4, 0.5) is 4.39 Å². The molecule has 3 unspecified atom stereocenters. The number of amides is 1. The molecule has 1 saturated heterocycles. The number of carbonyl (C=O) groups excluding carboxylic acids is 1. The van der Waals surface area contributed by atoms with Crippen LogP contribution in [0.25, 0.3) is 0 Å². The van der Waals surface area contributed by atoms with Crippen molar-refractivity contribution < 1.29 is 13.9 Å². The monoisotopic (exact) mass is 399 g/mol. The van der Waals surface area contributed by atoms with E-state index in [9.17, 15) is 9.18 Å². The molecule has 3 nitrogen and oxygen atoms in total. The first kappa shape index (κ1) is 21.3. The van der Waals surface area contributed by atoms with E-state index in [1.807, 2.05) is 11.8 Å². The Morgan fingerprint density at radius 3 is 2.77 bits per heavy atom. The van der Waals surface area contributed by atoms with Crippen molar-refractivity contribution >= 4 is 29.3 Å². The minimum atomic E-state index is -0.525. The summed E-state index contributed by atoms with van der Waals surface area (Å²) in [6, 6.07) is 4.35. The molecule has 1 aliphatic heterocycles. The Kier molecular flexibility index (Phi) is 7.17. The second kappa shape index (κ2) is 8.77. The van der Waals surface area contributed by atoms with Crippen LogP contribution in [0.3, 0.4) is 0 Å². The number of morpholine rings is 1. The lowest BCUT2D eigenvalue weighted by Gasteiger charge is -2.43. The van der Waals surface area contributed by atoms with Crippen LogP contribution in [0, 0.1) is 5.82 Å². The molecule has 0 bridgehead atoms. The van der Waals surface area contributed by atoms with Gasteiger partial charge in [0.05, 0.1) is 17.7 Å². The standard InChI is InChI=1S/C20H27ClFNO2S/c1-6-7-18-19(24)23(13(2)12-26-20(3,4)5)17(11-25-18)14-8-9-15(21)16(22)10-14/h6,8-10,13,17-18H,1,7,11-12H2,2-5H3. The number of carbonyl (C=O) groups is 1. The first-order chi connectivity index (χ1) is 12.1. The number of nitrogens with zero attached hydrogens (tertiary/aromatic N) is 1. The fourth-order valence-corrected chi connectivity index (χ4v) is 3.97. The topological polar surface area (TPSA) is 29.5 Å². The maximum absolute atomic E-state index is 14.0. The molecule has 0 spiro atoms. The summed E-state index contributed by atoms with van der Waals surface area (Å²) in [5, 5.41) is 0.0734. The predicted molar refractivity (Wildman–Crippen MR) is 107 cm³/mol. The van der Waals surface area contributed by atoms with Gasteiger partial charge < -0.3 is 9.64 Å². The van der Waals surface area contributed by atoms with Crippen LogP contribution in [0.5, 0.6) is 0 Å². The van der Waals surface area contributed by atoms with Crippen LogP contribution in [0.2, 0.25) is 5.02 Å². The van der Waals surface area contributed by atoms with Crippen LogP contribution < -0.4 is 0 Å². The number of ether oxygens (including phenoxy) is 1. The fraction of sp³-hybridized carbons (Fsp3) is 0.550. The number of rotatable bonds is 6. The maximum Gasteiger partial charge on any atom is 0.252 e. The van der Waals surface area contributed by atoms with Crippen molar-refractivity contribution in [3.05, 3.63) is 47.3 Å². The molecule has 2 rings (SSSR count). The Morgan fingerprint density at radius 2 is 2.19 bits per heavy atom. The van der Waals surface area contributed by atoms with E-state index in [1.165, 1.54) is 12.1 Å². The summed E-state index contributed by atoms with van der Waals surface area (Å²) >= 11 is 7.62. The molecule has 1 aromatic rings. The van der Waals surface area contributed by atoms with Gasteiger partial charge in [0.15, 0.2) is 0 Å². The van der Waals surface area contributed by atoms with Gasteiger partial charge in [-0.2, -0.15) is 11.8 Å². The number of hydrogen-bond acceptors (Lipinski definition) is 3. The molecule has 1 heterocycles. The number of thioether (sulfide) groups is 1. The van der Waals surface area contributed by atoms with Gasteiger partial charge in [-0.15, -0.1) is 6.58 Å². The van der Waals surface area contributed by atoms with Crippen molar-refractivity contribution in [1.29, 1.82) is 0 Å². The van der Waals surface area contributed by atoms with Gasteiger partial charge in [0, 0.05) is 23.0 Å². The molecule has 1 aliphatic rings. The third-order valence-corrected chi connectivity index (χ3v) is 6.08. The lowest BCUT2D eigenvalue weighted by atomic mass is 10.0. The van der Waals surface area contributed by atoms with Crippen molar-refractivity contribution in [2.75, 3.05) is 12.4 Å². The highest BCUT2D eigenvalue weighted by molar-refractivity contribution is 8.00. The summed E-state index contributed by atoms with van der Waals surface area (Å²) in [5.41, 5.74) is 0.699. The van der Waals surface area contributed by atoms with Crippen molar-refractivity contribution in [2.24, 2.45) is 0 Å². The van der Waals surface area contributed by atoms with Gasteiger partial charge in [-0.3, -0.25) is 4.79 Å². The molecule has 3 atom stereocenters. The lowest BCUT2D eigenvalue weighted by molar-refractivity contribution is -0.162. The smallest absolute Gasteiger partial charge is 0.252 e. The van der Waals surface area contributed by atoms with Gasteiger partial charge in [0.25, 0.3) is 5.91 Å². The molecule has 6 heteroatoms. The van der Waals surface area contributed by atoms with E-state index in [0.717, 1.165) is 5.75 Å². The van der Waals surface area contributed by atoms with E-state index in [1.54, 1.807) is 23.9 Å². The summed E-state index contributed by atoms with van der Waals surface area (Å²) in [4.78, 5) is 14.9. The van der Waals surface area contributed by atoms with Gasteiger partial charge in [-0.25, -0.2) is 4.39 Å². The third-order valence-electron chi connectivity index (χ3n) is 4.26. The average Bonchev–Trinajstić information content (AvgIpc) is 2.56. The molecule has 0 N–H and O–H groups in total. The number of hydrogen-bond donors (Lipinski definition) is 0. The Hall–Kier alpha value is -1.04. The maximum atomic E-state index is 14.0. The Morgan fingerprint density at radius 1 is 1.50 bits per heavy atom. The minimum Gasteiger partial charge on any atom is -0.366 e.